The number of rotatable bonds is 6. The molecule has 2 rings (SSSR count). The minimum Gasteiger partial charge on any atom is -0.490 e. The first-order chi connectivity index (χ1) is 10.7. The molecule has 1 aliphatic heterocycles. The molecule has 0 spiro atoms. The van der Waals surface area contributed by atoms with Gasteiger partial charge in [-0.05, 0) is 25.0 Å². The number of hydrogen-bond donors (Lipinski definition) is 2. The van der Waals surface area contributed by atoms with Crippen LogP contribution in [0.4, 0.5) is 0 Å². The van der Waals surface area contributed by atoms with Gasteiger partial charge < -0.3 is 20.1 Å². The Balaban J connectivity index is 1.67. The summed E-state index contributed by atoms with van der Waals surface area (Å²) in [6, 6.07) is 5.32. The molecule has 0 bridgehead atoms. The van der Waals surface area contributed by atoms with Crippen LogP contribution in [-0.2, 0) is 4.74 Å². The molecule has 0 saturated carbocycles. The molecule has 22 heavy (non-hydrogen) atoms. The first kappa shape index (κ1) is 17.2. The second-order valence-electron chi connectivity index (χ2n) is 4.92. The fourth-order valence-electron chi connectivity index (χ4n) is 2.16. The third kappa shape index (κ3) is 5.23. The van der Waals surface area contributed by atoms with Gasteiger partial charge in [0, 0.05) is 20.2 Å². The van der Waals surface area contributed by atoms with Gasteiger partial charge in [0.15, 0.2) is 5.96 Å². The van der Waals surface area contributed by atoms with Gasteiger partial charge in [-0.2, -0.15) is 0 Å². The maximum atomic E-state index is 6.06. The van der Waals surface area contributed by atoms with Crippen molar-refractivity contribution in [2.75, 3.05) is 33.4 Å². The molecule has 0 aromatic heterocycles. The van der Waals surface area contributed by atoms with Crippen LogP contribution < -0.4 is 15.4 Å². The number of aliphatic imine (C=N–C) groups is 1. The molecule has 1 aromatic rings. The highest BCUT2D eigenvalue weighted by Gasteiger charge is 2.15. The number of benzene rings is 1. The SMILES string of the molecule is CN=C(NCCOc1cccc(Cl)c1Cl)NCC1CCCO1. The molecule has 0 amide bonds. The average molecular weight is 346 g/mol. The summed E-state index contributed by atoms with van der Waals surface area (Å²) >= 11 is 12.0. The van der Waals surface area contributed by atoms with Crippen LogP contribution in [0.5, 0.6) is 5.75 Å². The number of hydrogen-bond acceptors (Lipinski definition) is 3. The van der Waals surface area contributed by atoms with Crippen LogP contribution in [-0.4, -0.2) is 45.4 Å². The van der Waals surface area contributed by atoms with Crippen molar-refractivity contribution in [1.29, 1.82) is 0 Å². The molecule has 7 heteroatoms. The van der Waals surface area contributed by atoms with Crippen molar-refractivity contribution in [2.45, 2.75) is 18.9 Å². The highest BCUT2D eigenvalue weighted by molar-refractivity contribution is 6.42. The van der Waals surface area contributed by atoms with Crippen LogP contribution in [0, 0.1) is 0 Å². The predicted octanol–water partition coefficient (Wildman–Crippen LogP) is 2.72. The number of guanidine groups is 1. The van der Waals surface area contributed by atoms with E-state index in [1.165, 1.54) is 0 Å². The summed E-state index contributed by atoms with van der Waals surface area (Å²) in [5, 5.41) is 7.34. The molecule has 1 aliphatic rings. The molecule has 1 heterocycles. The van der Waals surface area contributed by atoms with Gasteiger partial charge in [-0.3, -0.25) is 4.99 Å². The zero-order chi connectivity index (χ0) is 15.8. The van der Waals surface area contributed by atoms with E-state index in [4.69, 9.17) is 32.7 Å². The van der Waals surface area contributed by atoms with Crippen LogP contribution >= 0.6 is 23.2 Å². The molecule has 1 saturated heterocycles. The number of nitrogens with zero attached hydrogens (tertiary/aromatic N) is 1. The molecular weight excluding hydrogens is 325 g/mol. The normalized spacial score (nSPS) is 18.3. The smallest absolute Gasteiger partial charge is 0.191 e. The number of halogens is 2. The summed E-state index contributed by atoms with van der Waals surface area (Å²) in [6.07, 6.45) is 2.51. The third-order valence-corrected chi connectivity index (χ3v) is 4.11. The van der Waals surface area contributed by atoms with E-state index in [9.17, 15) is 0 Å². The van der Waals surface area contributed by atoms with Crippen molar-refractivity contribution < 1.29 is 9.47 Å². The second kappa shape index (κ2) is 9.08. The summed E-state index contributed by atoms with van der Waals surface area (Å²) < 4.78 is 11.2. The van der Waals surface area contributed by atoms with Crippen molar-refractivity contribution >= 4 is 29.2 Å². The summed E-state index contributed by atoms with van der Waals surface area (Å²) in [7, 11) is 1.74. The molecule has 2 N–H and O–H groups in total. The number of ether oxygens (including phenoxy) is 2. The number of nitrogens with one attached hydrogen (secondary N) is 2. The molecule has 5 nitrogen and oxygen atoms in total. The highest BCUT2D eigenvalue weighted by atomic mass is 35.5. The van der Waals surface area contributed by atoms with Crippen molar-refractivity contribution in [1.82, 2.24) is 10.6 Å². The van der Waals surface area contributed by atoms with Gasteiger partial charge in [-0.1, -0.05) is 29.3 Å². The largest absolute Gasteiger partial charge is 0.490 e. The van der Waals surface area contributed by atoms with E-state index < -0.39 is 0 Å². The summed E-state index contributed by atoms with van der Waals surface area (Å²) in [6.45, 7) is 2.68. The molecule has 0 aliphatic carbocycles. The van der Waals surface area contributed by atoms with Gasteiger partial charge in [0.25, 0.3) is 0 Å². The quantitative estimate of drug-likeness (QED) is 0.472. The topological polar surface area (TPSA) is 54.9 Å². The van der Waals surface area contributed by atoms with E-state index in [0.29, 0.717) is 28.9 Å². The summed E-state index contributed by atoms with van der Waals surface area (Å²) in [5.41, 5.74) is 0. The summed E-state index contributed by atoms with van der Waals surface area (Å²) in [5.74, 6) is 1.31. The molecule has 1 atom stereocenters. The van der Waals surface area contributed by atoms with Gasteiger partial charge in [0.05, 0.1) is 17.7 Å². The first-order valence-electron chi connectivity index (χ1n) is 7.33. The minimum atomic E-state index is 0.278. The Morgan fingerprint density at radius 3 is 3.00 bits per heavy atom. The van der Waals surface area contributed by atoms with Gasteiger partial charge in [0.1, 0.15) is 17.4 Å². The predicted molar refractivity (Wildman–Crippen MR) is 90.3 cm³/mol. The van der Waals surface area contributed by atoms with Crippen molar-refractivity contribution in [2.24, 2.45) is 4.99 Å². The van der Waals surface area contributed by atoms with Gasteiger partial charge in [-0.25, -0.2) is 0 Å². The van der Waals surface area contributed by atoms with Gasteiger partial charge >= 0.3 is 0 Å². The van der Waals surface area contributed by atoms with Crippen molar-refractivity contribution in [3.8, 4) is 5.75 Å². The lowest BCUT2D eigenvalue weighted by molar-refractivity contribution is 0.114. The average Bonchev–Trinajstić information content (AvgIpc) is 3.04. The molecule has 1 aromatic carbocycles. The van der Waals surface area contributed by atoms with Crippen LogP contribution in [0.2, 0.25) is 10.0 Å². The van der Waals surface area contributed by atoms with E-state index >= 15 is 0 Å². The third-order valence-electron chi connectivity index (χ3n) is 3.31. The zero-order valence-corrected chi connectivity index (χ0v) is 14.1. The van der Waals surface area contributed by atoms with Crippen LogP contribution in [0.3, 0.4) is 0 Å². The maximum absolute atomic E-state index is 6.06. The second-order valence-corrected chi connectivity index (χ2v) is 5.70. The maximum Gasteiger partial charge on any atom is 0.191 e. The van der Waals surface area contributed by atoms with Crippen LogP contribution in [0.15, 0.2) is 23.2 Å². The van der Waals surface area contributed by atoms with E-state index in [-0.39, 0.29) is 6.10 Å². The Labute approximate surface area is 141 Å². The van der Waals surface area contributed by atoms with E-state index in [1.807, 2.05) is 0 Å². The fraction of sp³-hybridized carbons (Fsp3) is 0.533. The van der Waals surface area contributed by atoms with Crippen molar-refractivity contribution in [3.05, 3.63) is 28.2 Å². The molecule has 122 valence electrons. The standard InChI is InChI=1S/C15H21Cl2N3O2/c1-18-15(20-10-11-4-3-8-21-11)19-7-9-22-13-6-2-5-12(16)14(13)17/h2,5-6,11H,3-4,7-10H2,1H3,(H2,18,19,20). The molecule has 1 unspecified atom stereocenters. The monoisotopic (exact) mass is 345 g/mol. The Morgan fingerprint density at radius 1 is 1.41 bits per heavy atom. The lowest BCUT2D eigenvalue weighted by Gasteiger charge is -2.15. The van der Waals surface area contributed by atoms with E-state index in [2.05, 4.69) is 15.6 Å². The van der Waals surface area contributed by atoms with Crippen molar-refractivity contribution in [3.63, 3.8) is 0 Å². The van der Waals surface area contributed by atoms with Crippen LogP contribution in [0.1, 0.15) is 12.8 Å². The van der Waals surface area contributed by atoms with E-state index in [0.717, 1.165) is 32.0 Å². The Hall–Kier alpha value is -1.17. The van der Waals surface area contributed by atoms with E-state index in [1.54, 1.807) is 25.2 Å². The lowest BCUT2D eigenvalue weighted by atomic mass is 10.2. The minimum absolute atomic E-state index is 0.278. The first-order valence-corrected chi connectivity index (χ1v) is 8.09. The van der Waals surface area contributed by atoms with Gasteiger partial charge in [-0.15, -0.1) is 0 Å². The summed E-state index contributed by atoms with van der Waals surface area (Å²) in [4.78, 5) is 4.16. The zero-order valence-electron chi connectivity index (χ0n) is 12.6. The fourth-order valence-corrected chi connectivity index (χ4v) is 2.51. The Bertz CT molecular complexity index is 506. The molecular formula is C15H21Cl2N3O2. The Kier molecular flexibility index (Phi) is 7.09. The lowest BCUT2D eigenvalue weighted by Crippen LogP contribution is -2.42. The Morgan fingerprint density at radius 2 is 2.27 bits per heavy atom. The van der Waals surface area contributed by atoms with Gasteiger partial charge in [0.2, 0.25) is 0 Å². The molecule has 1 fully saturated rings. The highest BCUT2D eigenvalue weighted by Crippen LogP contribution is 2.31. The molecule has 0 radical (unpaired) electrons. The van der Waals surface area contributed by atoms with Crippen LogP contribution in [0.25, 0.3) is 0 Å².